The summed E-state index contributed by atoms with van der Waals surface area (Å²) in [7, 11) is 0. The summed E-state index contributed by atoms with van der Waals surface area (Å²) in [5, 5.41) is 1.38. The Labute approximate surface area is 76.4 Å². The molecular weight excluding hydrogens is 168 g/mol. The average Bonchev–Trinajstić information content (AvgIpc) is 2.46. The van der Waals surface area contributed by atoms with Gasteiger partial charge in [-0.05, 0) is 25.1 Å². The topological polar surface area (TPSA) is 28.7 Å². The van der Waals surface area contributed by atoms with Gasteiger partial charge in [0.1, 0.15) is 5.65 Å². The number of pyridine rings is 1. The van der Waals surface area contributed by atoms with Gasteiger partial charge in [0.25, 0.3) is 0 Å². The quantitative estimate of drug-likeness (QED) is 0.645. The summed E-state index contributed by atoms with van der Waals surface area (Å²) < 4.78 is 0. The highest BCUT2D eigenvalue weighted by molar-refractivity contribution is 7.80. The number of fused-ring (bicyclic) bond motifs is 1. The summed E-state index contributed by atoms with van der Waals surface area (Å²) >= 11 is 4.34. The van der Waals surface area contributed by atoms with Gasteiger partial charge in [0.2, 0.25) is 0 Å². The van der Waals surface area contributed by atoms with E-state index in [-0.39, 0.29) is 5.25 Å². The van der Waals surface area contributed by atoms with Crippen LogP contribution in [0.2, 0.25) is 0 Å². The van der Waals surface area contributed by atoms with Crippen molar-refractivity contribution in [3.63, 3.8) is 0 Å². The van der Waals surface area contributed by atoms with Gasteiger partial charge in [-0.2, -0.15) is 12.6 Å². The van der Waals surface area contributed by atoms with Gasteiger partial charge in [0.05, 0.1) is 0 Å². The van der Waals surface area contributed by atoms with E-state index in [2.05, 4.69) is 28.7 Å². The molecule has 2 heterocycles. The van der Waals surface area contributed by atoms with Crippen LogP contribution in [0.15, 0.2) is 24.4 Å². The molecule has 3 heteroatoms. The molecule has 0 bridgehead atoms. The van der Waals surface area contributed by atoms with E-state index in [9.17, 15) is 0 Å². The fraction of sp³-hybridized carbons (Fsp3) is 0.222. The molecule has 0 aliphatic heterocycles. The lowest BCUT2D eigenvalue weighted by Crippen LogP contribution is -1.82. The Bertz CT molecular complexity index is 359. The third-order valence-electron chi connectivity index (χ3n) is 1.86. The van der Waals surface area contributed by atoms with Gasteiger partial charge >= 0.3 is 0 Å². The zero-order valence-corrected chi connectivity index (χ0v) is 7.68. The molecular formula is C9H10N2S. The van der Waals surface area contributed by atoms with Gasteiger partial charge in [-0.15, -0.1) is 0 Å². The zero-order chi connectivity index (χ0) is 8.55. The fourth-order valence-corrected chi connectivity index (χ4v) is 1.34. The number of nitrogens with zero attached hydrogens (tertiary/aromatic N) is 1. The first kappa shape index (κ1) is 7.68. The van der Waals surface area contributed by atoms with Crippen molar-refractivity contribution in [2.45, 2.75) is 12.2 Å². The van der Waals surface area contributed by atoms with Crippen molar-refractivity contribution >= 4 is 23.7 Å². The summed E-state index contributed by atoms with van der Waals surface area (Å²) in [6.45, 7) is 2.04. The molecule has 0 saturated carbocycles. The van der Waals surface area contributed by atoms with Crippen LogP contribution >= 0.6 is 12.6 Å². The lowest BCUT2D eigenvalue weighted by Gasteiger charge is -1.96. The SMILES string of the molecule is CC(S)c1cc2cccnc2[nH]1. The number of hydrogen-bond acceptors (Lipinski definition) is 2. The molecule has 1 atom stereocenters. The Morgan fingerprint density at radius 2 is 2.42 bits per heavy atom. The molecule has 0 aromatic carbocycles. The van der Waals surface area contributed by atoms with Gasteiger partial charge in [-0.3, -0.25) is 0 Å². The van der Waals surface area contributed by atoms with E-state index < -0.39 is 0 Å². The summed E-state index contributed by atoms with van der Waals surface area (Å²) in [5.74, 6) is 0. The molecule has 12 heavy (non-hydrogen) atoms. The molecule has 1 N–H and O–H groups in total. The number of H-pyrrole nitrogens is 1. The number of nitrogens with one attached hydrogen (secondary N) is 1. The van der Waals surface area contributed by atoms with Gasteiger partial charge in [0.15, 0.2) is 0 Å². The van der Waals surface area contributed by atoms with Gasteiger partial charge in [-0.1, -0.05) is 0 Å². The number of thiol groups is 1. The van der Waals surface area contributed by atoms with Crippen molar-refractivity contribution in [1.29, 1.82) is 0 Å². The van der Waals surface area contributed by atoms with Crippen molar-refractivity contribution in [2.75, 3.05) is 0 Å². The molecule has 2 aromatic heterocycles. The maximum atomic E-state index is 4.34. The van der Waals surface area contributed by atoms with Crippen molar-refractivity contribution in [3.05, 3.63) is 30.1 Å². The average molecular weight is 178 g/mol. The molecule has 62 valence electrons. The van der Waals surface area contributed by atoms with Crippen molar-refractivity contribution in [3.8, 4) is 0 Å². The van der Waals surface area contributed by atoms with Gasteiger partial charge in [-0.25, -0.2) is 4.98 Å². The van der Waals surface area contributed by atoms with Crippen LogP contribution < -0.4 is 0 Å². The Kier molecular flexibility index (Phi) is 1.81. The van der Waals surface area contributed by atoms with Crippen molar-refractivity contribution in [1.82, 2.24) is 9.97 Å². The Hall–Kier alpha value is -0.960. The van der Waals surface area contributed by atoms with E-state index in [1.807, 2.05) is 19.1 Å². The van der Waals surface area contributed by atoms with Crippen molar-refractivity contribution < 1.29 is 0 Å². The van der Waals surface area contributed by atoms with Gasteiger partial charge < -0.3 is 4.98 Å². The molecule has 0 amide bonds. The fourth-order valence-electron chi connectivity index (χ4n) is 1.20. The number of aromatic amines is 1. The number of aromatic nitrogens is 2. The number of hydrogen-bond donors (Lipinski definition) is 2. The molecule has 0 spiro atoms. The van der Waals surface area contributed by atoms with Crippen LogP contribution in [0.5, 0.6) is 0 Å². The maximum absolute atomic E-state index is 4.34. The smallest absolute Gasteiger partial charge is 0.137 e. The number of rotatable bonds is 1. The monoisotopic (exact) mass is 178 g/mol. The third kappa shape index (κ3) is 1.20. The first-order chi connectivity index (χ1) is 5.77. The molecule has 1 unspecified atom stereocenters. The lowest BCUT2D eigenvalue weighted by atomic mass is 10.3. The molecule has 2 nitrogen and oxygen atoms in total. The highest BCUT2D eigenvalue weighted by Crippen LogP contribution is 2.21. The Balaban J connectivity index is 2.62. The first-order valence-electron chi connectivity index (χ1n) is 3.89. The molecule has 0 fully saturated rings. The van der Waals surface area contributed by atoms with E-state index in [1.165, 1.54) is 0 Å². The Morgan fingerprint density at radius 1 is 1.58 bits per heavy atom. The predicted octanol–water partition coefficient (Wildman–Crippen LogP) is 2.55. The second-order valence-corrected chi connectivity index (χ2v) is 3.62. The molecule has 0 radical (unpaired) electrons. The zero-order valence-electron chi connectivity index (χ0n) is 6.78. The lowest BCUT2D eigenvalue weighted by molar-refractivity contribution is 1.04. The molecule has 2 aromatic rings. The second kappa shape index (κ2) is 2.83. The van der Waals surface area contributed by atoms with Crippen LogP contribution in [0.25, 0.3) is 11.0 Å². The largest absolute Gasteiger partial charge is 0.342 e. The van der Waals surface area contributed by atoms with Crippen LogP contribution in [-0.2, 0) is 0 Å². The third-order valence-corrected chi connectivity index (χ3v) is 2.14. The molecule has 0 saturated heterocycles. The van der Waals surface area contributed by atoms with Crippen LogP contribution in [0, 0.1) is 0 Å². The minimum absolute atomic E-state index is 0.235. The van der Waals surface area contributed by atoms with E-state index in [4.69, 9.17) is 0 Å². The summed E-state index contributed by atoms with van der Waals surface area (Å²) in [6.07, 6.45) is 1.78. The van der Waals surface area contributed by atoms with Crippen LogP contribution in [0.3, 0.4) is 0 Å². The van der Waals surface area contributed by atoms with Crippen LogP contribution in [0.1, 0.15) is 17.9 Å². The summed E-state index contributed by atoms with van der Waals surface area (Å²) in [4.78, 5) is 7.40. The van der Waals surface area contributed by atoms with E-state index in [0.29, 0.717) is 0 Å². The summed E-state index contributed by atoms with van der Waals surface area (Å²) in [6, 6.07) is 6.06. The van der Waals surface area contributed by atoms with Crippen LogP contribution in [-0.4, -0.2) is 9.97 Å². The van der Waals surface area contributed by atoms with Crippen molar-refractivity contribution in [2.24, 2.45) is 0 Å². The standard InChI is InChI=1S/C9H10N2S/c1-6(12)8-5-7-3-2-4-10-9(7)11-8/h2-6,12H,1H3,(H,10,11). The van der Waals surface area contributed by atoms with Gasteiger partial charge in [0, 0.05) is 22.5 Å². The normalized spacial score (nSPS) is 13.5. The van der Waals surface area contributed by atoms with E-state index >= 15 is 0 Å². The second-order valence-electron chi connectivity index (χ2n) is 2.84. The van der Waals surface area contributed by atoms with E-state index in [1.54, 1.807) is 6.20 Å². The summed E-state index contributed by atoms with van der Waals surface area (Å²) in [5.41, 5.74) is 2.06. The first-order valence-corrected chi connectivity index (χ1v) is 4.41. The highest BCUT2D eigenvalue weighted by Gasteiger charge is 2.03. The molecule has 0 aliphatic carbocycles. The minimum atomic E-state index is 0.235. The highest BCUT2D eigenvalue weighted by atomic mass is 32.1. The minimum Gasteiger partial charge on any atom is -0.342 e. The van der Waals surface area contributed by atoms with E-state index in [0.717, 1.165) is 16.7 Å². The molecule has 2 rings (SSSR count). The Morgan fingerprint density at radius 3 is 3.08 bits per heavy atom. The predicted molar refractivity (Wildman–Crippen MR) is 53.5 cm³/mol. The molecule has 0 aliphatic rings. The van der Waals surface area contributed by atoms with Crippen LogP contribution in [0.4, 0.5) is 0 Å². The maximum Gasteiger partial charge on any atom is 0.137 e.